The predicted octanol–water partition coefficient (Wildman–Crippen LogP) is 5.24. The predicted molar refractivity (Wildman–Crippen MR) is 129 cm³/mol. The van der Waals surface area contributed by atoms with Crippen molar-refractivity contribution >= 4 is 24.0 Å². The fourth-order valence-electron chi connectivity index (χ4n) is 3.40. The molecule has 3 aromatic carbocycles. The Labute approximate surface area is 196 Å². The van der Waals surface area contributed by atoms with Crippen molar-refractivity contribution in [2.75, 3.05) is 0 Å². The highest BCUT2D eigenvalue weighted by Crippen LogP contribution is 2.22. The lowest BCUT2D eigenvalue weighted by Crippen LogP contribution is -2.29. The molecule has 4 rings (SSSR count). The van der Waals surface area contributed by atoms with Crippen LogP contribution in [0.5, 0.6) is 0 Å². The number of hydrogen-bond acceptors (Lipinski definition) is 5. The van der Waals surface area contributed by atoms with Crippen molar-refractivity contribution in [3.05, 3.63) is 108 Å². The van der Waals surface area contributed by atoms with Crippen molar-refractivity contribution in [1.82, 2.24) is 15.5 Å². The monoisotopic (exact) mass is 453 g/mol. The van der Waals surface area contributed by atoms with E-state index in [1.807, 2.05) is 78.9 Å². The number of nitrogens with one attached hydrogen (secondary N) is 1. The highest BCUT2D eigenvalue weighted by molar-refractivity contribution is 5.95. The summed E-state index contributed by atoms with van der Waals surface area (Å²) in [6, 6.07) is 26.0. The summed E-state index contributed by atoms with van der Waals surface area (Å²) in [6.07, 6.45) is 3.46. The van der Waals surface area contributed by atoms with E-state index in [-0.39, 0.29) is 30.5 Å². The van der Waals surface area contributed by atoms with Crippen LogP contribution in [0.15, 0.2) is 89.3 Å². The highest BCUT2D eigenvalue weighted by Gasteiger charge is 2.22. The molecule has 0 aliphatic carbocycles. The van der Waals surface area contributed by atoms with Crippen LogP contribution in [0, 0.1) is 0 Å². The molecule has 0 saturated heterocycles. The van der Waals surface area contributed by atoms with E-state index in [9.17, 15) is 9.59 Å². The van der Waals surface area contributed by atoms with Crippen molar-refractivity contribution < 1.29 is 19.1 Å². The minimum Gasteiger partial charge on any atom is -0.481 e. The number of benzene rings is 3. The summed E-state index contributed by atoms with van der Waals surface area (Å²) in [5.74, 6) is -0.909. The van der Waals surface area contributed by atoms with Gasteiger partial charge in [0.2, 0.25) is 11.8 Å². The molecule has 2 N–H and O–H groups in total. The Hall–Kier alpha value is -4.52. The van der Waals surface area contributed by atoms with Gasteiger partial charge in [0.1, 0.15) is 6.04 Å². The third kappa shape index (κ3) is 6.04. The number of carbonyl (C=O) groups is 2. The van der Waals surface area contributed by atoms with E-state index in [4.69, 9.17) is 9.52 Å². The van der Waals surface area contributed by atoms with Crippen LogP contribution in [0.1, 0.15) is 46.6 Å². The third-order valence-electron chi connectivity index (χ3n) is 5.18. The molecule has 170 valence electrons. The minimum atomic E-state index is -0.977. The van der Waals surface area contributed by atoms with Crippen LogP contribution in [0.2, 0.25) is 0 Å². The Kier molecular flexibility index (Phi) is 7.25. The molecule has 1 amide bonds. The van der Waals surface area contributed by atoms with Gasteiger partial charge in [-0.2, -0.15) is 0 Å². The number of carboxylic acids is 1. The maximum Gasteiger partial charge on any atom is 0.303 e. The lowest BCUT2D eigenvalue weighted by molar-refractivity contribution is -0.137. The SMILES string of the molecule is O=C(O)CC[C@H](NC(=O)c1ccc(-c2ccccc2)cc1)c1nnc(C=Cc2ccccc2)o1. The first kappa shape index (κ1) is 22.7. The molecule has 7 nitrogen and oxygen atoms in total. The number of amides is 1. The van der Waals surface area contributed by atoms with Crippen LogP contribution < -0.4 is 5.32 Å². The Morgan fingerprint density at radius 2 is 1.50 bits per heavy atom. The number of rotatable bonds is 9. The van der Waals surface area contributed by atoms with E-state index in [0.717, 1.165) is 16.7 Å². The molecule has 4 aromatic rings. The normalized spacial score (nSPS) is 11.9. The van der Waals surface area contributed by atoms with Gasteiger partial charge in [-0.1, -0.05) is 72.8 Å². The Balaban J connectivity index is 1.48. The highest BCUT2D eigenvalue weighted by atomic mass is 16.4. The summed E-state index contributed by atoms with van der Waals surface area (Å²) >= 11 is 0. The van der Waals surface area contributed by atoms with E-state index >= 15 is 0 Å². The standard InChI is InChI=1S/C27H23N3O4/c31-25(32)18-16-23(27-30-29-24(34-27)17-11-19-7-3-1-4-8-19)28-26(33)22-14-12-21(13-15-22)20-9-5-2-6-10-20/h1-15,17,23H,16,18H2,(H,28,33)(H,31,32)/t23-/m0/s1. The van der Waals surface area contributed by atoms with Crippen molar-refractivity contribution in [3.8, 4) is 11.1 Å². The first-order chi connectivity index (χ1) is 16.6. The second-order valence-corrected chi connectivity index (χ2v) is 7.62. The molecule has 0 unspecified atom stereocenters. The molecule has 0 spiro atoms. The molecule has 0 bridgehead atoms. The number of carbonyl (C=O) groups excluding carboxylic acids is 1. The lowest BCUT2D eigenvalue weighted by atomic mass is 10.0. The van der Waals surface area contributed by atoms with Crippen LogP contribution in [0.4, 0.5) is 0 Å². The van der Waals surface area contributed by atoms with Crippen molar-refractivity contribution in [2.24, 2.45) is 0 Å². The van der Waals surface area contributed by atoms with Gasteiger partial charge in [0.15, 0.2) is 0 Å². The van der Waals surface area contributed by atoms with Gasteiger partial charge < -0.3 is 14.8 Å². The number of aliphatic carboxylic acids is 1. The van der Waals surface area contributed by atoms with Crippen molar-refractivity contribution in [1.29, 1.82) is 0 Å². The zero-order valence-corrected chi connectivity index (χ0v) is 18.3. The maximum atomic E-state index is 12.9. The van der Waals surface area contributed by atoms with Crippen LogP contribution in [0.3, 0.4) is 0 Å². The lowest BCUT2D eigenvalue weighted by Gasteiger charge is -2.14. The summed E-state index contributed by atoms with van der Waals surface area (Å²) in [5.41, 5.74) is 3.46. The fraction of sp³-hybridized carbons (Fsp3) is 0.111. The van der Waals surface area contributed by atoms with Crippen molar-refractivity contribution in [2.45, 2.75) is 18.9 Å². The summed E-state index contributed by atoms with van der Waals surface area (Å²) in [4.78, 5) is 24.0. The molecule has 0 radical (unpaired) electrons. The number of aromatic nitrogens is 2. The van der Waals surface area contributed by atoms with Gasteiger partial charge in [-0.15, -0.1) is 10.2 Å². The van der Waals surface area contributed by atoms with Crippen molar-refractivity contribution in [3.63, 3.8) is 0 Å². The van der Waals surface area contributed by atoms with E-state index in [1.54, 1.807) is 18.2 Å². The molecular formula is C27H23N3O4. The van der Waals surface area contributed by atoms with Crippen LogP contribution in [-0.4, -0.2) is 27.2 Å². The average molecular weight is 453 g/mol. The largest absolute Gasteiger partial charge is 0.481 e. The van der Waals surface area contributed by atoms with E-state index < -0.39 is 12.0 Å². The van der Waals surface area contributed by atoms with Crippen LogP contribution in [-0.2, 0) is 4.79 Å². The molecule has 1 atom stereocenters. The zero-order valence-electron chi connectivity index (χ0n) is 18.3. The maximum absolute atomic E-state index is 12.9. The fourth-order valence-corrected chi connectivity index (χ4v) is 3.40. The Morgan fingerprint density at radius 1 is 0.853 bits per heavy atom. The molecule has 34 heavy (non-hydrogen) atoms. The molecule has 1 heterocycles. The molecule has 0 fully saturated rings. The quantitative estimate of drug-likeness (QED) is 0.359. The number of nitrogens with zero attached hydrogens (tertiary/aromatic N) is 2. The van der Waals surface area contributed by atoms with Crippen LogP contribution in [0.25, 0.3) is 23.3 Å². The summed E-state index contributed by atoms with van der Waals surface area (Å²) in [5, 5.41) is 20.0. The molecule has 0 aliphatic rings. The number of carboxylic acid groups (broad SMARTS) is 1. The third-order valence-corrected chi connectivity index (χ3v) is 5.18. The van der Waals surface area contributed by atoms with Gasteiger partial charge in [0, 0.05) is 18.1 Å². The van der Waals surface area contributed by atoms with Gasteiger partial charge in [-0.3, -0.25) is 9.59 Å². The van der Waals surface area contributed by atoms with Gasteiger partial charge in [0.25, 0.3) is 5.91 Å². The average Bonchev–Trinajstić information content (AvgIpc) is 3.35. The zero-order chi connectivity index (χ0) is 23.8. The summed E-state index contributed by atoms with van der Waals surface area (Å²) in [7, 11) is 0. The Bertz CT molecular complexity index is 1270. The topological polar surface area (TPSA) is 105 Å². The molecule has 0 aliphatic heterocycles. The summed E-state index contributed by atoms with van der Waals surface area (Å²) in [6.45, 7) is 0. The summed E-state index contributed by atoms with van der Waals surface area (Å²) < 4.78 is 5.70. The van der Waals surface area contributed by atoms with E-state index in [0.29, 0.717) is 5.56 Å². The smallest absolute Gasteiger partial charge is 0.303 e. The minimum absolute atomic E-state index is 0.118. The molecule has 0 saturated carbocycles. The van der Waals surface area contributed by atoms with Crippen LogP contribution >= 0.6 is 0 Å². The van der Waals surface area contributed by atoms with Gasteiger partial charge in [-0.05, 0) is 41.3 Å². The molecule has 1 aromatic heterocycles. The van der Waals surface area contributed by atoms with Gasteiger partial charge in [0.05, 0.1) is 0 Å². The van der Waals surface area contributed by atoms with E-state index in [2.05, 4.69) is 15.5 Å². The van der Waals surface area contributed by atoms with Gasteiger partial charge >= 0.3 is 5.97 Å². The molecular weight excluding hydrogens is 430 g/mol. The molecule has 7 heteroatoms. The van der Waals surface area contributed by atoms with Gasteiger partial charge in [-0.25, -0.2) is 0 Å². The second-order valence-electron chi connectivity index (χ2n) is 7.62. The second kappa shape index (κ2) is 10.9. The Morgan fingerprint density at radius 3 is 2.18 bits per heavy atom. The first-order valence-corrected chi connectivity index (χ1v) is 10.8. The number of hydrogen-bond donors (Lipinski definition) is 2. The van der Waals surface area contributed by atoms with E-state index in [1.165, 1.54) is 0 Å². The first-order valence-electron chi connectivity index (χ1n) is 10.8.